The van der Waals surface area contributed by atoms with E-state index in [9.17, 15) is 4.39 Å². The minimum Gasteiger partial charge on any atom is -0.489 e. The molecule has 0 aromatic heterocycles. The molecule has 1 nitrogen and oxygen atoms in total. The van der Waals surface area contributed by atoms with E-state index in [1.807, 2.05) is 32.0 Å². The van der Waals surface area contributed by atoms with Gasteiger partial charge in [0, 0.05) is 6.07 Å². The first-order valence-electron chi connectivity index (χ1n) is 5.71. The maximum absolute atomic E-state index is 13.3. The summed E-state index contributed by atoms with van der Waals surface area (Å²) in [7, 11) is 0. The molecule has 0 atom stereocenters. The number of hydrogen-bond donors (Lipinski definition) is 0. The van der Waals surface area contributed by atoms with Gasteiger partial charge in [-0.2, -0.15) is 0 Å². The van der Waals surface area contributed by atoms with Crippen molar-refractivity contribution >= 4 is 15.9 Å². The van der Waals surface area contributed by atoms with Gasteiger partial charge in [0.15, 0.2) is 0 Å². The Hall–Kier alpha value is -1.35. The zero-order valence-electron chi connectivity index (χ0n) is 10.3. The molecule has 0 aliphatic heterocycles. The summed E-state index contributed by atoms with van der Waals surface area (Å²) in [6, 6.07) is 10.9. The second-order valence-electron chi connectivity index (χ2n) is 4.23. The lowest BCUT2D eigenvalue weighted by molar-refractivity contribution is 0.303. The van der Waals surface area contributed by atoms with E-state index in [1.165, 1.54) is 17.2 Å². The summed E-state index contributed by atoms with van der Waals surface area (Å²) < 4.78 is 19.4. The van der Waals surface area contributed by atoms with Gasteiger partial charge in [0.25, 0.3) is 0 Å². The van der Waals surface area contributed by atoms with Crippen LogP contribution in [0.2, 0.25) is 0 Å². The maximum atomic E-state index is 13.3. The van der Waals surface area contributed by atoms with Gasteiger partial charge in [-0.05, 0) is 58.6 Å². The summed E-state index contributed by atoms with van der Waals surface area (Å²) in [5, 5.41) is 0. The summed E-state index contributed by atoms with van der Waals surface area (Å²) in [5.74, 6) is 0.229. The summed E-state index contributed by atoms with van der Waals surface area (Å²) in [6.07, 6.45) is 0. The highest BCUT2D eigenvalue weighted by atomic mass is 79.9. The number of benzene rings is 2. The predicted molar refractivity (Wildman–Crippen MR) is 74.3 cm³/mol. The Labute approximate surface area is 115 Å². The molecule has 0 heterocycles. The normalized spacial score (nSPS) is 10.4. The fourth-order valence-corrected chi connectivity index (χ4v) is 2.05. The smallest absolute Gasteiger partial charge is 0.141 e. The van der Waals surface area contributed by atoms with E-state index in [0.717, 1.165) is 5.56 Å². The number of ether oxygens (including phenoxy) is 1. The van der Waals surface area contributed by atoms with Gasteiger partial charge in [-0.1, -0.05) is 18.2 Å². The highest BCUT2D eigenvalue weighted by Crippen LogP contribution is 2.22. The lowest BCUT2D eigenvalue weighted by Gasteiger charge is -2.11. The molecular weight excluding hydrogens is 295 g/mol. The summed E-state index contributed by atoms with van der Waals surface area (Å²) >= 11 is 3.12. The summed E-state index contributed by atoms with van der Waals surface area (Å²) in [6.45, 7) is 4.56. The minimum atomic E-state index is -0.311. The SMILES string of the molecule is Cc1cccc(C)c1COc1ccc(Br)c(F)c1. The molecule has 0 saturated heterocycles. The van der Waals surface area contributed by atoms with Crippen molar-refractivity contribution in [3.05, 3.63) is 63.4 Å². The quantitative estimate of drug-likeness (QED) is 0.792. The fraction of sp³-hybridized carbons (Fsp3) is 0.200. The van der Waals surface area contributed by atoms with Crippen LogP contribution in [0, 0.1) is 19.7 Å². The number of halogens is 2. The zero-order chi connectivity index (χ0) is 13.1. The maximum Gasteiger partial charge on any atom is 0.141 e. The van der Waals surface area contributed by atoms with Crippen LogP contribution < -0.4 is 4.74 Å². The van der Waals surface area contributed by atoms with Gasteiger partial charge in [0.05, 0.1) is 4.47 Å². The molecule has 0 saturated carbocycles. The van der Waals surface area contributed by atoms with Crippen molar-refractivity contribution in [3.8, 4) is 5.75 Å². The molecule has 0 radical (unpaired) electrons. The lowest BCUT2D eigenvalue weighted by atomic mass is 10.0. The summed E-state index contributed by atoms with van der Waals surface area (Å²) in [5.41, 5.74) is 3.53. The topological polar surface area (TPSA) is 9.23 Å². The van der Waals surface area contributed by atoms with Crippen molar-refractivity contribution in [2.24, 2.45) is 0 Å². The average Bonchev–Trinajstić information content (AvgIpc) is 2.33. The van der Waals surface area contributed by atoms with Crippen molar-refractivity contribution in [1.29, 1.82) is 0 Å². The fourth-order valence-electron chi connectivity index (χ4n) is 1.80. The van der Waals surface area contributed by atoms with E-state index in [4.69, 9.17) is 4.74 Å². The molecule has 0 fully saturated rings. The first-order valence-corrected chi connectivity index (χ1v) is 6.50. The van der Waals surface area contributed by atoms with Gasteiger partial charge in [-0.25, -0.2) is 4.39 Å². The Morgan fingerprint density at radius 3 is 2.39 bits per heavy atom. The molecule has 0 aliphatic carbocycles. The highest BCUT2D eigenvalue weighted by Gasteiger charge is 2.05. The van der Waals surface area contributed by atoms with Gasteiger partial charge >= 0.3 is 0 Å². The molecule has 2 aromatic rings. The Bertz CT molecular complexity index is 546. The highest BCUT2D eigenvalue weighted by molar-refractivity contribution is 9.10. The second-order valence-corrected chi connectivity index (χ2v) is 5.09. The molecular formula is C15H14BrFO. The molecule has 2 rings (SSSR count). The minimum absolute atomic E-state index is 0.311. The van der Waals surface area contributed by atoms with Crippen LogP contribution in [0.3, 0.4) is 0 Å². The second kappa shape index (κ2) is 5.53. The molecule has 3 heteroatoms. The van der Waals surface area contributed by atoms with Crippen LogP contribution in [0.4, 0.5) is 4.39 Å². The third-order valence-corrected chi connectivity index (χ3v) is 3.56. The van der Waals surface area contributed by atoms with E-state index in [1.54, 1.807) is 12.1 Å². The van der Waals surface area contributed by atoms with Crippen molar-refractivity contribution < 1.29 is 9.13 Å². The first kappa shape index (κ1) is 13.1. The Morgan fingerprint density at radius 1 is 1.11 bits per heavy atom. The van der Waals surface area contributed by atoms with Gasteiger partial charge < -0.3 is 4.74 Å². The Kier molecular flexibility index (Phi) is 4.02. The third kappa shape index (κ3) is 2.91. The van der Waals surface area contributed by atoms with Crippen LogP contribution in [0.15, 0.2) is 40.9 Å². The van der Waals surface area contributed by atoms with Crippen molar-refractivity contribution in [1.82, 2.24) is 0 Å². The monoisotopic (exact) mass is 308 g/mol. The van der Waals surface area contributed by atoms with Gasteiger partial charge in [-0.3, -0.25) is 0 Å². The van der Waals surface area contributed by atoms with Crippen molar-refractivity contribution in [3.63, 3.8) is 0 Å². The van der Waals surface area contributed by atoms with E-state index in [-0.39, 0.29) is 5.82 Å². The molecule has 18 heavy (non-hydrogen) atoms. The number of rotatable bonds is 3. The summed E-state index contributed by atoms with van der Waals surface area (Å²) in [4.78, 5) is 0. The van der Waals surface area contributed by atoms with Crippen LogP contribution >= 0.6 is 15.9 Å². The number of hydrogen-bond acceptors (Lipinski definition) is 1. The molecule has 0 unspecified atom stereocenters. The third-order valence-electron chi connectivity index (χ3n) is 2.92. The molecule has 0 aliphatic rings. The lowest BCUT2D eigenvalue weighted by Crippen LogP contribution is -2.00. The van der Waals surface area contributed by atoms with E-state index >= 15 is 0 Å². The first-order chi connectivity index (χ1) is 8.58. The zero-order valence-corrected chi connectivity index (χ0v) is 11.9. The van der Waals surface area contributed by atoms with Crippen LogP contribution in [-0.4, -0.2) is 0 Å². The van der Waals surface area contributed by atoms with Gasteiger partial charge in [0.1, 0.15) is 18.2 Å². The van der Waals surface area contributed by atoms with Crippen molar-refractivity contribution in [2.45, 2.75) is 20.5 Å². The average molecular weight is 309 g/mol. The molecule has 0 amide bonds. The van der Waals surface area contributed by atoms with Crippen LogP contribution in [-0.2, 0) is 6.61 Å². The van der Waals surface area contributed by atoms with E-state index in [0.29, 0.717) is 16.8 Å². The van der Waals surface area contributed by atoms with E-state index < -0.39 is 0 Å². The van der Waals surface area contributed by atoms with E-state index in [2.05, 4.69) is 15.9 Å². The molecule has 2 aromatic carbocycles. The predicted octanol–water partition coefficient (Wildman–Crippen LogP) is 4.78. The van der Waals surface area contributed by atoms with Gasteiger partial charge in [-0.15, -0.1) is 0 Å². The molecule has 0 N–H and O–H groups in total. The molecule has 94 valence electrons. The number of aryl methyl sites for hydroxylation is 2. The molecule has 0 spiro atoms. The van der Waals surface area contributed by atoms with Crippen molar-refractivity contribution in [2.75, 3.05) is 0 Å². The van der Waals surface area contributed by atoms with Gasteiger partial charge in [0.2, 0.25) is 0 Å². The largest absolute Gasteiger partial charge is 0.489 e. The Balaban J connectivity index is 2.14. The van der Waals surface area contributed by atoms with Crippen LogP contribution in [0.1, 0.15) is 16.7 Å². The van der Waals surface area contributed by atoms with Crippen LogP contribution in [0.5, 0.6) is 5.75 Å². The Morgan fingerprint density at radius 2 is 1.78 bits per heavy atom. The standard InChI is InChI=1S/C15H14BrFO/c1-10-4-3-5-11(2)13(10)9-18-12-6-7-14(16)15(17)8-12/h3-8H,9H2,1-2H3. The van der Waals surface area contributed by atoms with Crippen LogP contribution in [0.25, 0.3) is 0 Å². The molecule has 0 bridgehead atoms.